The average Bonchev–Trinajstić information content (AvgIpc) is 3.02. The molecule has 4 nitrogen and oxygen atoms in total. The lowest BCUT2D eigenvalue weighted by Crippen LogP contribution is -2.05. The van der Waals surface area contributed by atoms with Crippen molar-refractivity contribution in [3.63, 3.8) is 0 Å². The van der Waals surface area contributed by atoms with E-state index in [4.69, 9.17) is 5.11 Å². The second-order valence-electron chi connectivity index (χ2n) is 4.36. The highest BCUT2D eigenvalue weighted by Crippen LogP contribution is 2.17. The smallest absolute Gasteiger partial charge is 0.323 e. The van der Waals surface area contributed by atoms with Gasteiger partial charge in [0.2, 0.25) is 0 Å². The van der Waals surface area contributed by atoms with Crippen LogP contribution in [0.3, 0.4) is 0 Å². The number of hydrogen-bond acceptors (Lipinski definition) is 2. The van der Waals surface area contributed by atoms with Crippen molar-refractivity contribution in [2.45, 2.75) is 6.54 Å². The molecule has 1 N–H and O–H groups in total. The summed E-state index contributed by atoms with van der Waals surface area (Å²) in [6.07, 6.45) is 4.62. The Labute approximate surface area is 123 Å². The van der Waals surface area contributed by atoms with E-state index in [1.165, 1.54) is 22.0 Å². The van der Waals surface area contributed by atoms with Crippen molar-refractivity contribution < 1.29 is 9.90 Å². The molecule has 3 aromatic rings. The maximum atomic E-state index is 10.0. The van der Waals surface area contributed by atoms with Crippen LogP contribution in [0.5, 0.6) is 0 Å². The molecule has 0 spiro atoms. The normalized spacial score (nSPS) is 9.52. The van der Waals surface area contributed by atoms with Gasteiger partial charge in [0.25, 0.3) is 0 Å². The van der Waals surface area contributed by atoms with Gasteiger partial charge in [-0.25, -0.2) is 4.98 Å². The monoisotopic (exact) mass is 280 g/mol. The quantitative estimate of drug-likeness (QED) is 0.800. The number of carboxylic acids is 1. The minimum Gasteiger partial charge on any atom is -0.480 e. The zero-order valence-electron chi connectivity index (χ0n) is 11.5. The molecule has 4 heteroatoms. The number of aromatic nitrogens is 2. The predicted octanol–water partition coefficient (Wildman–Crippen LogP) is 3.32. The van der Waals surface area contributed by atoms with E-state index in [0.29, 0.717) is 0 Å². The van der Waals surface area contributed by atoms with E-state index >= 15 is 0 Å². The molecular formula is C17H16N2O2. The van der Waals surface area contributed by atoms with Gasteiger partial charge < -0.3 is 9.67 Å². The fraction of sp³-hybridized carbons (Fsp3) is 0.0588. The molecule has 0 atom stereocenters. The van der Waals surface area contributed by atoms with Crippen LogP contribution in [0.2, 0.25) is 0 Å². The van der Waals surface area contributed by atoms with Gasteiger partial charge in [-0.15, -0.1) is 0 Å². The average molecular weight is 280 g/mol. The Morgan fingerprint density at radius 1 is 0.952 bits per heavy atom. The number of aliphatic carboxylic acids is 1. The third kappa shape index (κ3) is 4.95. The number of carbonyl (C=O) groups is 1. The summed E-state index contributed by atoms with van der Waals surface area (Å²) in [5.74, 6) is -0.854. The summed E-state index contributed by atoms with van der Waals surface area (Å²) >= 11 is 0. The zero-order valence-corrected chi connectivity index (χ0v) is 11.5. The van der Waals surface area contributed by atoms with Gasteiger partial charge >= 0.3 is 5.97 Å². The van der Waals surface area contributed by atoms with Crippen LogP contribution in [0.1, 0.15) is 0 Å². The Hall–Kier alpha value is -2.88. The van der Waals surface area contributed by atoms with Crippen molar-refractivity contribution in [3.8, 4) is 11.1 Å². The van der Waals surface area contributed by atoms with Crippen LogP contribution in [0.4, 0.5) is 0 Å². The van der Waals surface area contributed by atoms with Gasteiger partial charge in [-0.3, -0.25) is 4.79 Å². The Morgan fingerprint density at radius 3 is 1.86 bits per heavy atom. The summed E-state index contributed by atoms with van der Waals surface area (Å²) in [5.41, 5.74) is 2.55. The molecule has 0 unspecified atom stereocenters. The SMILES string of the molecule is O=C(O)Cn1ccnc1.c1ccc(-c2ccccc2)cc1. The second kappa shape index (κ2) is 7.65. The van der Waals surface area contributed by atoms with Crippen LogP contribution in [-0.4, -0.2) is 20.6 Å². The largest absolute Gasteiger partial charge is 0.480 e. The van der Waals surface area contributed by atoms with Crippen molar-refractivity contribution >= 4 is 5.97 Å². The first-order chi connectivity index (χ1) is 10.3. The van der Waals surface area contributed by atoms with Gasteiger partial charge in [0, 0.05) is 12.4 Å². The number of benzene rings is 2. The predicted molar refractivity (Wildman–Crippen MR) is 81.7 cm³/mol. The van der Waals surface area contributed by atoms with E-state index in [2.05, 4.69) is 53.5 Å². The number of nitrogens with zero attached hydrogens (tertiary/aromatic N) is 2. The first-order valence-electron chi connectivity index (χ1n) is 6.54. The molecule has 1 aromatic heterocycles. The van der Waals surface area contributed by atoms with Crippen LogP contribution in [-0.2, 0) is 11.3 Å². The Morgan fingerprint density at radius 2 is 1.48 bits per heavy atom. The van der Waals surface area contributed by atoms with E-state index in [0.717, 1.165) is 0 Å². The number of rotatable bonds is 3. The Bertz CT molecular complexity index is 612. The minimum atomic E-state index is -0.854. The molecular weight excluding hydrogens is 264 g/mol. The molecule has 21 heavy (non-hydrogen) atoms. The highest BCUT2D eigenvalue weighted by atomic mass is 16.4. The van der Waals surface area contributed by atoms with Crippen LogP contribution in [0.25, 0.3) is 11.1 Å². The van der Waals surface area contributed by atoms with Gasteiger partial charge in [-0.1, -0.05) is 60.7 Å². The summed E-state index contributed by atoms with van der Waals surface area (Å²) in [6.45, 7) is -0.0139. The highest BCUT2D eigenvalue weighted by Gasteiger charge is 1.95. The number of hydrogen-bond donors (Lipinski definition) is 1. The first kappa shape index (κ1) is 14.5. The summed E-state index contributed by atoms with van der Waals surface area (Å²) in [7, 11) is 0. The zero-order chi connectivity index (χ0) is 14.9. The lowest BCUT2D eigenvalue weighted by atomic mass is 10.1. The Kier molecular flexibility index (Phi) is 5.29. The molecule has 0 aliphatic carbocycles. The van der Waals surface area contributed by atoms with Crippen LogP contribution in [0.15, 0.2) is 79.4 Å². The lowest BCUT2D eigenvalue weighted by molar-refractivity contribution is -0.137. The molecule has 0 bridgehead atoms. The minimum absolute atomic E-state index is 0.0139. The molecule has 0 aliphatic rings. The summed E-state index contributed by atoms with van der Waals surface area (Å²) in [4.78, 5) is 13.7. The fourth-order valence-corrected chi connectivity index (χ4v) is 1.80. The van der Waals surface area contributed by atoms with Crippen LogP contribution >= 0.6 is 0 Å². The molecule has 0 radical (unpaired) electrons. The molecule has 1 heterocycles. The van der Waals surface area contributed by atoms with Crippen molar-refractivity contribution in [1.82, 2.24) is 9.55 Å². The summed E-state index contributed by atoms with van der Waals surface area (Å²) in [5, 5.41) is 8.24. The van der Waals surface area contributed by atoms with Crippen molar-refractivity contribution in [2.75, 3.05) is 0 Å². The fourth-order valence-electron chi connectivity index (χ4n) is 1.80. The van der Waals surface area contributed by atoms with Gasteiger partial charge in [0.05, 0.1) is 6.33 Å². The molecule has 0 aliphatic heterocycles. The lowest BCUT2D eigenvalue weighted by Gasteiger charge is -1.98. The number of carboxylic acid groups (broad SMARTS) is 1. The van der Waals surface area contributed by atoms with E-state index in [1.54, 1.807) is 12.4 Å². The maximum Gasteiger partial charge on any atom is 0.323 e. The van der Waals surface area contributed by atoms with Gasteiger partial charge in [-0.2, -0.15) is 0 Å². The molecule has 106 valence electrons. The van der Waals surface area contributed by atoms with Gasteiger partial charge in [0.15, 0.2) is 0 Å². The van der Waals surface area contributed by atoms with E-state index < -0.39 is 5.97 Å². The molecule has 0 amide bonds. The molecule has 3 rings (SSSR count). The van der Waals surface area contributed by atoms with Crippen molar-refractivity contribution in [2.24, 2.45) is 0 Å². The van der Waals surface area contributed by atoms with Crippen molar-refractivity contribution in [3.05, 3.63) is 79.4 Å². The standard InChI is InChI=1S/C12H10.C5H6N2O2/c1-3-7-11(8-4-1)12-9-5-2-6-10-12;8-5(9)3-7-2-1-6-4-7/h1-10H;1-2,4H,3H2,(H,8,9). The van der Waals surface area contributed by atoms with Crippen molar-refractivity contribution in [1.29, 1.82) is 0 Å². The topological polar surface area (TPSA) is 55.1 Å². The second-order valence-corrected chi connectivity index (χ2v) is 4.36. The molecule has 0 fully saturated rings. The van der Waals surface area contributed by atoms with Crippen LogP contribution < -0.4 is 0 Å². The highest BCUT2D eigenvalue weighted by molar-refractivity contribution is 5.66. The molecule has 2 aromatic carbocycles. The number of imidazole rings is 1. The van der Waals surface area contributed by atoms with Gasteiger partial charge in [0.1, 0.15) is 6.54 Å². The van der Waals surface area contributed by atoms with Gasteiger partial charge in [-0.05, 0) is 11.1 Å². The Balaban J connectivity index is 0.000000161. The third-order valence-corrected chi connectivity index (χ3v) is 2.76. The molecule has 0 saturated carbocycles. The van der Waals surface area contributed by atoms with E-state index in [9.17, 15) is 4.79 Å². The van der Waals surface area contributed by atoms with Crippen LogP contribution in [0, 0.1) is 0 Å². The van der Waals surface area contributed by atoms with E-state index in [1.807, 2.05) is 12.1 Å². The molecule has 0 saturated heterocycles. The summed E-state index contributed by atoms with van der Waals surface area (Å²) in [6, 6.07) is 20.8. The van der Waals surface area contributed by atoms with E-state index in [-0.39, 0.29) is 6.54 Å². The maximum absolute atomic E-state index is 10.0. The summed E-state index contributed by atoms with van der Waals surface area (Å²) < 4.78 is 1.49. The first-order valence-corrected chi connectivity index (χ1v) is 6.54. The third-order valence-electron chi connectivity index (χ3n) is 2.76.